The average molecular weight is 399 g/mol. The van der Waals surface area contributed by atoms with Crippen LogP contribution < -0.4 is 10.6 Å². The second-order valence-electron chi connectivity index (χ2n) is 6.79. The fraction of sp³-hybridized carbons (Fsp3) is 0.238. The maximum atomic E-state index is 13.1. The first-order valence-electron chi connectivity index (χ1n) is 9.24. The molecule has 3 aromatic rings. The number of nitrogens with zero attached hydrogens (tertiary/aromatic N) is 2. The van der Waals surface area contributed by atoms with Gasteiger partial charge in [0.2, 0.25) is 0 Å². The first-order chi connectivity index (χ1) is 13.6. The van der Waals surface area contributed by atoms with Gasteiger partial charge in [-0.3, -0.25) is 4.79 Å². The maximum absolute atomic E-state index is 13.1. The molecule has 1 amide bonds. The summed E-state index contributed by atoms with van der Waals surface area (Å²) in [5, 5.41) is 11.3. The van der Waals surface area contributed by atoms with Gasteiger partial charge in [0.15, 0.2) is 0 Å². The Morgan fingerprint density at radius 1 is 1.14 bits per heavy atom. The van der Waals surface area contributed by atoms with Crippen molar-refractivity contribution in [1.82, 2.24) is 15.1 Å². The second kappa shape index (κ2) is 8.12. The lowest BCUT2D eigenvalue weighted by Gasteiger charge is -2.25. The molecule has 0 radical (unpaired) electrons. The van der Waals surface area contributed by atoms with E-state index in [1.54, 1.807) is 10.9 Å². The van der Waals surface area contributed by atoms with Crippen LogP contribution in [0.2, 0.25) is 5.02 Å². The molecule has 0 spiro atoms. The Morgan fingerprint density at radius 2 is 1.86 bits per heavy atom. The van der Waals surface area contributed by atoms with Crippen LogP contribution in [0.1, 0.15) is 34.8 Å². The Balaban J connectivity index is 1.73. The monoisotopic (exact) mass is 398 g/mol. The second-order valence-corrected chi connectivity index (χ2v) is 7.20. The molecule has 0 unspecified atom stereocenters. The molecular weight excluding hydrogens is 379 g/mol. The third kappa shape index (κ3) is 3.79. The minimum Gasteiger partial charge on any atom is -0.322 e. The third-order valence-corrected chi connectivity index (χ3v) is 5.28. The van der Waals surface area contributed by atoms with Gasteiger partial charge < -0.3 is 10.6 Å². The van der Waals surface area contributed by atoms with Gasteiger partial charge in [0, 0.05) is 11.6 Å². The number of halogens is 2. The summed E-state index contributed by atoms with van der Waals surface area (Å²) in [5.74, 6) is -0.424. The molecule has 1 aliphatic rings. The lowest BCUT2D eigenvalue weighted by atomic mass is 9.91. The highest BCUT2D eigenvalue weighted by atomic mass is 35.5. The first-order valence-corrected chi connectivity index (χ1v) is 9.62. The molecule has 144 valence electrons. The number of aromatic nitrogens is 2. The Kier molecular flexibility index (Phi) is 5.41. The van der Waals surface area contributed by atoms with Crippen molar-refractivity contribution >= 4 is 23.2 Å². The van der Waals surface area contributed by atoms with Crippen molar-refractivity contribution in [3.05, 3.63) is 76.8 Å². The molecule has 2 aromatic carbocycles. The van der Waals surface area contributed by atoms with Crippen LogP contribution in [0.5, 0.6) is 0 Å². The van der Waals surface area contributed by atoms with Gasteiger partial charge in [0.25, 0.3) is 5.91 Å². The van der Waals surface area contributed by atoms with Crippen LogP contribution in [-0.4, -0.2) is 28.8 Å². The topological polar surface area (TPSA) is 59.0 Å². The normalized spacial score (nSPS) is 14.8. The highest BCUT2D eigenvalue weighted by molar-refractivity contribution is 6.32. The van der Waals surface area contributed by atoms with E-state index in [1.165, 1.54) is 24.3 Å². The molecule has 0 saturated carbocycles. The van der Waals surface area contributed by atoms with E-state index in [0.717, 1.165) is 37.3 Å². The SMILES string of the molecule is O=C(Nc1ccc(F)cc1)c1cnn(-c2ccccc2Cl)c1C1CCNCC1. The molecule has 2 N–H and O–H groups in total. The summed E-state index contributed by atoms with van der Waals surface area (Å²) in [5.41, 5.74) is 2.65. The molecule has 5 nitrogen and oxygen atoms in total. The van der Waals surface area contributed by atoms with Crippen molar-refractivity contribution in [2.75, 3.05) is 18.4 Å². The molecule has 0 aliphatic carbocycles. The minimum absolute atomic E-state index is 0.189. The smallest absolute Gasteiger partial charge is 0.259 e. The Labute approximate surface area is 167 Å². The zero-order valence-corrected chi connectivity index (χ0v) is 15.9. The van der Waals surface area contributed by atoms with Crippen LogP contribution in [0.4, 0.5) is 10.1 Å². The van der Waals surface area contributed by atoms with Gasteiger partial charge in [-0.25, -0.2) is 9.07 Å². The maximum Gasteiger partial charge on any atom is 0.259 e. The predicted octanol–water partition coefficient (Wildman–Crippen LogP) is 4.38. The average Bonchev–Trinajstić information content (AvgIpc) is 3.16. The van der Waals surface area contributed by atoms with E-state index >= 15 is 0 Å². The third-order valence-electron chi connectivity index (χ3n) is 4.96. The fourth-order valence-electron chi connectivity index (χ4n) is 3.57. The summed E-state index contributed by atoms with van der Waals surface area (Å²) >= 11 is 6.39. The zero-order chi connectivity index (χ0) is 19.5. The predicted molar refractivity (Wildman–Crippen MR) is 108 cm³/mol. The molecular formula is C21H20ClFN4O. The number of carbonyl (C=O) groups excluding carboxylic acids is 1. The molecule has 0 atom stereocenters. The number of rotatable bonds is 4. The van der Waals surface area contributed by atoms with Crippen molar-refractivity contribution in [1.29, 1.82) is 0 Å². The van der Waals surface area contributed by atoms with Gasteiger partial charge in [0.1, 0.15) is 5.82 Å². The highest BCUT2D eigenvalue weighted by Crippen LogP contribution is 2.32. The molecule has 1 aromatic heterocycles. The largest absolute Gasteiger partial charge is 0.322 e. The number of para-hydroxylation sites is 1. The van der Waals surface area contributed by atoms with E-state index in [1.807, 2.05) is 24.3 Å². The number of carbonyl (C=O) groups is 1. The summed E-state index contributed by atoms with van der Waals surface area (Å²) in [7, 11) is 0. The van der Waals surface area contributed by atoms with Crippen molar-refractivity contribution in [3.8, 4) is 5.69 Å². The Hall–Kier alpha value is -2.70. The van der Waals surface area contributed by atoms with Gasteiger partial charge >= 0.3 is 0 Å². The first kappa shape index (κ1) is 18.7. The van der Waals surface area contributed by atoms with E-state index < -0.39 is 0 Å². The van der Waals surface area contributed by atoms with Gasteiger partial charge in [-0.05, 0) is 62.3 Å². The number of benzene rings is 2. The van der Waals surface area contributed by atoms with Crippen LogP contribution in [0.3, 0.4) is 0 Å². The van der Waals surface area contributed by atoms with Crippen molar-refractivity contribution in [2.24, 2.45) is 0 Å². The van der Waals surface area contributed by atoms with Crippen LogP contribution in [0, 0.1) is 5.82 Å². The van der Waals surface area contributed by atoms with E-state index in [9.17, 15) is 9.18 Å². The summed E-state index contributed by atoms with van der Waals surface area (Å²) in [6.45, 7) is 1.77. The Bertz CT molecular complexity index is 980. The molecule has 1 saturated heterocycles. The lowest BCUT2D eigenvalue weighted by Crippen LogP contribution is -2.29. The van der Waals surface area contributed by atoms with Crippen molar-refractivity contribution < 1.29 is 9.18 Å². The fourth-order valence-corrected chi connectivity index (χ4v) is 3.78. The molecule has 1 aliphatic heterocycles. The van der Waals surface area contributed by atoms with Gasteiger partial charge in [-0.2, -0.15) is 5.10 Å². The van der Waals surface area contributed by atoms with Crippen molar-refractivity contribution in [3.63, 3.8) is 0 Å². The molecule has 1 fully saturated rings. The number of hydrogen-bond acceptors (Lipinski definition) is 3. The van der Waals surface area contributed by atoms with E-state index in [4.69, 9.17) is 11.6 Å². The van der Waals surface area contributed by atoms with Crippen LogP contribution >= 0.6 is 11.6 Å². The number of amides is 1. The van der Waals surface area contributed by atoms with E-state index in [0.29, 0.717) is 16.3 Å². The van der Waals surface area contributed by atoms with Gasteiger partial charge in [-0.1, -0.05) is 23.7 Å². The number of hydrogen-bond donors (Lipinski definition) is 2. The van der Waals surface area contributed by atoms with Crippen LogP contribution in [-0.2, 0) is 0 Å². The van der Waals surface area contributed by atoms with Crippen LogP contribution in [0.25, 0.3) is 5.69 Å². The number of nitrogens with one attached hydrogen (secondary N) is 2. The zero-order valence-electron chi connectivity index (χ0n) is 15.2. The van der Waals surface area contributed by atoms with Gasteiger partial charge in [-0.15, -0.1) is 0 Å². The number of piperidine rings is 1. The Morgan fingerprint density at radius 3 is 2.57 bits per heavy atom. The highest BCUT2D eigenvalue weighted by Gasteiger charge is 2.27. The van der Waals surface area contributed by atoms with Crippen molar-refractivity contribution in [2.45, 2.75) is 18.8 Å². The number of anilines is 1. The summed E-state index contributed by atoms with van der Waals surface area (Å²) in [6.07, 6.45) is 3.40. The van der Waals surface area contributed by atoms with E-state index in [2.05, 4.69) is 15.7 Å². The van der Waals surface area contributed by atoms with Crippen LogP contribution in [0.15, 0.2) is 54.7 Å². The quantitative estimate of drug-likeness (QED) is 0.685. The molecule has 0 bridgehead atoms. The lowest BCUT2D eigenvalue weighted by molar-refractivity contribution is 0.102. The summed E-state index contributed by atoms with van der Waals surface area (Å²) in [6, 6.07) is 13.2. The summed E-state index contributed by atoms with van der Waals surface area (Å²) in [4.78, 5) is 13.0. The van der Waals surface area contributed by atoms with Gasteiger partial charge in [0.05, 0.1) is 28.2 Å². The summed E-state index contributed by atoms with van der Waals surface area (Å²) < 4.78 is 14.9. The van der Waals surface area contributed by atoms with E-state index in [-0.39, 0.29) is 17.6 Å². The molecule has 28 heavy (non-hydrogen) atoms. The molecule has 7 heteroatoms. The standard InChI is InChI=1S/C21H20ClFN4O/c22-18-3-1-2-4-19(18)27-20(14-9-11-24-12-10-14)17(13-25-27)21(28)26-16-7-5-15(23)6-8-16/h1-8,13-14,24H,9-12H2,(H,26,28). The minimum atomic E-state index is -0.347. The molecule has 2 heterocycles. The molecule has 4 rings (SSSR count).